The molecule has 0 radical (unpaired) electrons. The largest absolute Gasteiger partial charge is 0.458 e. The lowest BCUT2D eigenvalue weighted by Crippen LogP contribution is -2.15. The number of hydrogen-bond donors (Lipinski definition) is 1. The van der Waals surface area contributed by atoms with Gasteiger partial charge in [0, 0.05) is 17.2 Å². The van der Waals surface area contributed by atoms with Crippen LogP contribution in [0.15, 0.2) is 24.3 Å². The molecule has 1 aromatic carbocycles. The molecule has 0 atom stereocenters. The van der Waals surface area contributed by atoms with Gasteiger partial charge >= 0.3 is 5.97 Å². The number of aromatic nitrogens is 1. The van der Waals surface area contributed by atoms with Crippen molar-refractivity contribution >= 4 is 34.9 Å². The van der Waals surface area contributed by atoms with E-state index in [0.717, 1.165) is 12.8 Å². The van der Waals surface area contributed by atoms with Gasteiger partial charge in [-0.1, -0.05) is 48.7 Å². The highest BCUT2D eigenvalue weighted by Crippen LogP contribution is 2.32. The minimum absolute atomic E-state index is 0.0358. The van der Waals surface area contributed by atoms with Crippen LogP contribution in [0.25, 0.3) is 11.3 Å². The van der Waals surface area contributed by atoms with Gasteiger partial charge in [0.15, 0.2) is 11.5 Å². The third kappa shape index (κ3) is 5.06. The van der Waals surface area contributed by atoms with E-state index in [9.17, 15) is 9.18 Å². The van der Waals surface area contributed by atoms with Gasteiger partial charge in [0.25, 0.3) is 0 Å². The maximum absolute atomic E-state index is 14.4. The molecule has 2 aromatic rings. The first-order valence-corrected chi connectivity index (χ1v) is 8.86. The first kappa shape index (κ1) is 20.4. The van der Waals surface area contributed by atoms with Crippen molar-refractivity contribution in [3.63, 3.8) is 0 Å². The molecule has 1 heterocycles. The van der Waals surface area contributed by atoms with Gasteiger partial charge in [-0.2, -0.15) is 0 Å². The molecule has 0 aliphatic rings. The number of nitrogen functional groups attached to an aromatic ring is 1. The van der Waals surface area contributed by atoms with Crippen LogP contribution in [-0.2, 0) is 9.47 Å². The molecular formula is C18H19Cl2FN2O3. The Bertz CT molecular complexity index is 770. The number of ether oxygens (including phenoxy) is 2. The van der Waals surface area contributed by atoms with Crippen molar-refractivity contribution in [1.82, 2.24) is 4.98 Å². The molecule has 0 amide bonds. The van der Waals surface area contributed by atoms with Crippen LogP contribution in [0.5, 0.6) is 0 Å². The SMILES string of the molecule is CCCCOCCOC(=O)c1nc(-c2ccc(Cl)cc2)c(F)c(N)c1Cl. The Labute approximate surface area is 161 Å². The fraction of sp³-hybridized carbons (Fsp3) is 0.333. The lowest BCUT2D eigenvalue weighted by Gasteiger charge is -2.12. The third-order valence-electron chi connectivity index (χ3n) is 3.53. The second-order valence-electron chi connectivity index (χ2n) is 5.46. The van der Waals surface area contributed by atoms with Crippen LogP contribution in [0.2, 0.25) is 10.0 Å². The van der Waals surface area contributed by atoms with Crippen molar-refractivity contribution in [2.24, 2.45) is 0 Å². The molecule has 0 saturated carbocycles. The van der Waals surface area contributed by atoms with E-state index < -0.39 is 11.8 Å². The number of anilines is 1. The molecule has 0 fully saturated rings. The molecule has 2 N–H and O–H groups in total. The summed E-state index contributed by atoms with van der Waals surface area (Å²) in [6, 6.07) is 6.29. The van der Waals surface area contributed by atoms with Crippen LogP contribution < -0.4 is 5.73 Å². The van der Waals surface area contributed by atoms with Crippen LogP contribution in [0.3, 0.4) is 0 Å². The van der Waals surface area contributed by atoms with Crippen LogP contribution in [-0.4, -0.2) is 30.8 Å². The average molecular weight is 401 g/mol. The highest BCUT2D eigenvalue weighted by Gasteiger charge is 2.23. The van der Waals surface area contributed by atoms with Gasteiger partial charge in [-0.3, -0.25) is 0 Å². The Balaban J connectivity index is 2.17. The molecule has 0 spiro atoms. The zero-order valence-electron chi connectivity index (χ0n) is 14.2. The summed E-state index contributed by atoms with van der Waals surface area (Å²) in [5, 5.41) is 0.205. The highest BCUT2D eigenvalue weighted by molar-refractivity contribution is 6.35. The third-order valence-corrected chi connectivity index (χ3v) is 4.16. The van der Waals surface area contributed by atoms with E-state index in [2.05, 4.69) is 4.98 Å². The molecule has 0 saturated heterocycles. The van der Waals surface area contributed by atoms with Crippen molar-refractivity contribution in [1.29, 1.82) is 0 Å². The normalized spacial score (nSPS) is 10.8. The lowest BCUT2D eigenvalue weighted by molar-refractivity contribution is 0.0308. The van der Waals surface area contributed by atoms with Gasteiger partial charge in [0.2, 0.25) is 0 Å². The van der Waals surface area contributed by atoms with Gasteiger partial charge < -0.3 is 15.2 Å². The fourth-order valence-corrected chi connectivity index (χ4v) is 2.43. The minimum atomic E-state index is -0.809. The van der Waals surface area contributed by atoms with Gasteiger partial charge in [0.1, 0.15) is 12.3 Å². The molecule has 26 heavy (non-hydrogen) atoms. The summed E-state index contributed by atoms with van der Waals surface area (Å²) in [4.78, 5) is 16.2. The summed E-state index contributed by atoms with van der Waals surface area (Å²) >= 11 is 11.8. The summed E-state index contributed by atoms with van der Waals surface area (Å²) in [7, 11) is 0. The molecule has 1 aromatic heterocycles. The second kappa shape index (κ2) is 9.71. The summed E-state index contributed by atoms with van der Waals surface area (Å²) in [5.74, 6) is -1.60. The molecular weight excluding hydrogens is 382 g/mol. The predicted octanol–water partition coefficient (Wildman–Crippen LogP) is 4.75. The van der Waals surface area contributed by atoms with E-state index in [1.807, 2.05) is 6.92 Å². The van der Waals surface area contributed by atoms with Crippen molar-refractivity contribution in [2.45, 2.75) is 19.8 Å². The summed E-state index contributed by atoms with van der Waals surface area (Å²) in [5.41, 5.74) is 5.39. The van der Waals surface area contributed by atoms with Crippen molar-refractivity contribution in [3.8, 4) is 11.3 Å². The Kier molecular flexibility index (Phi) is 7.63. The van der Waals surface area contributed by atoms with Gasteiger partial charge in [0.05, 0.1) is 17.3 Å². The van der Waals surface area contributed by atoms with Crippen LogP contribution in [0, 0.1) is 5.82 Å². The Morgan fingerprint density at radius 1 is 1.19 bits per heavy atom. The number of nitrogens with zero attached hydrogens (tertiary/aromatic N) is 1. The fourth-order valence-electron chi connectivity index (χ4n) is 2.11. The zero-order chi connectivity index (χ0) is 19.1. The molecule has 0 unspecified atom stereocenters. The molecule has 2 rings (SSSR count). The minimum Gasteiger partial charge on any atom is -0.458 e. The Morgan fingerprint density at radius 3 is 2.54 bits per heavy atom. The number of nitrogens with two attached hydrogens (primary N) is 1. The number of rotatable bonds is 8. The zero-order valence-corrected chi connectivity index (χ0v) is 15.7. The maximum Gasteiger partial charge on any atom is 0.358 e. The number of hydrogen-bond acceptors (Lipinski definition) is 5. The van der Waals surface area contributed by atoms with E-state index in [-0.39, 0.29) is 35.3 Å². The standard InChI is InChI=1S/C18H19Cl2FN2O3/c1-2-3-8-25-9-10-26-18(24)17-13(20)15(22)14(21)16(23-17)11-4-6-12(19)7-5-11/h4-7H,2-3,8-10H2,1H3,(H2,22,23). The smallest absolute Gasteiger partial charge is 0.358 e. The van der Waals surface area contributed by atoms with Gasteiger partial charge in [-0.25, -0.2) is 14.2 Å². The van der Waals surface area contributed by atoms with Crippen molar-refractivity contribution < 1.29 is 18.7 Å². The van der Waals surface area contributed by atoms with Crippen molar-refractivity contribution in [3.05, 3.63) is 45.8 Å². The predicted molar refractivity (Wildman–Crippen MR) is 100 cm³/mol. The Morgan fingerprint density at radius 2 is 1.88 bits per heavy atom. The first-order valence-electron chi connectivity index (χ1n) is 8.11. The summed E-state index contributed by atoms with van der Waals surface area (Å²) < 4.78 is 24.8. The molecule has 8 heteroatoms. The number of unbranched alkanes of at least 4 members (excludes halogenated alkanes) is 1. The second-order valence-corrected chi connectivity index (χ2v) is 6.27. The summed E-state index contributed by atoms with van der Waals surface area (Å²) in [6.07, 6.45) is 1.95. The van der Waals surface area contributed by atoms with E-state index in [1.54, 1.807) is 24.3 Å². The van der Waals surface area contributed by atoms with Crippen molar-refractivity contribution in [2.75, 3.05) is 25.6 Å². The highest BCUT2D eigenvalue weighted by atomic mass is 35.5. The van der Waals surface area contributed by atoms with Gasteiger partial charge in [-0.05, 0) is 18.6 Å². The number of benzene rings is 1. The average Bonchev–Trinajstić information content (AvgIpc) is 2.63. The van der Waals surface area contributed by atoms with E-state index in [4.69, 9.17) is 38.4 Å². The van der Waals surface area contributed by atoms with E-state index >= 15 is 0 Å². The Hall–Kier alpha value is -1.89. The number of esters is 1. The van der Waals surface area contributed by atoms with Crippen LogP contribution in [0.1, 0.15) is 30.3 Å². The maximum atomic E-state index is 14.4. The monoisotopic (exact) mass is 400 g/mol. The van der Waals surface area contributed by atoms with Gasteiger partial charge in [-0.15, -0.1) is 0 Å². The first-order chi connectivity index (χ1) is 12.5. The van der Waals surface area contributed by atoms with Crippen LogP contribution in [0.4, 0.5) is 10.1 Å². The molecule has 0 bridgehead atoms. The quantitative estimate of drug-likeness (QED) is 0.511. The lowest BCUT2D eigenvalue weighted by atomic mass is 10.1. The molecule has 140 valence electrons. The topological polar surface area (TPSA) is 74.4 Å². The number of carbonyl (C=O) groups is 1. The number of carbonyl (C=O) groups excluding carboxylic acids is 1. The van der Waals surface area contributed by atoms with E-state index in [0.29, 0.717) is 17.2 Å². The van der Waals surface area contributed by atoms with Crippen LogP contribution >= 0.6 is 23.2 Å². The molecule has 0 aliphatic heterocycles. The number of pyridine rings is 1. The van der Waals surface area contributed by atoms with E-state index in [1.165, 1.54) is 0 Å². The molecule has 0 aliphatic carbocycles. The molecule has 5 nitrogen and oxygen atoms in total. The number of halogens is 3. The summed E-state index contributed by atoms with van der Waals surface area (Å²) in [6.45, 7) is 2.93.